The molecule has 1 N–H and O–H groups in total. The van der Waals surface area contributed by atoms with E-state index in [0.717, 1.165) is 42.4 Å². The summed E-state index contributed by atoms with van der Waals surface area (Å²) in [6.07, 6.45) is 5.12. The van der Waals surface area contributed by atoms with Gasteiger partial charge in [0.15, 0.2) is 12.4 Å². The standard InChI is InChI=1S/C21H20Cl2O6/c1-20(2,19(26)27)29-15(25)9-28-14-5-11-8-21-4-3-10(7-21)13(24)6-12(21)16(11)18(23)17(14)22/h5-6,10H,3-4,7-9H2,1-2H3,(H,26,27). The fourth-order valence-corrected chi connectivity index (χ4v) is 5.19. The van der Waals surface area contributed by atoms with Crippen LogP contribution in [0.5, 0.6) is 5.75 Å². The molecule has 1 spiro atoms. The van der Waals surface area contributed by atoms with Gasteiger partial charge in [-0.15, -0.1) is 0 Å². The summed E-state index contributed by atoms with van der Waals surface area (Å²) in [5, 5.41) is 9.51. The molecular weight excluding hydrogens is 419 g/mol. The summed E-state index contributed by atoms with van der Waals surface area (Å²) in [5.41, 5.74) is 0.971. The predicted octanol–water partition coefficient (Wildman–Crippen LogP) is 4.09. The summed E-state index contributed by atoms with van der Waals surface area (Å²) >= 11 is 12.9. The third-order valence-electron chi connectivity index (χ3n) is 6.15. The van der Waals surface area contributed by atoms with E-state index in [1.165, 1.54) is 13.8 Å². The number of ether oxygens (including phenoxy) is 2. The summed E-state index contributed by atoms with van der Waals surface area (Å²) in [4.78, 5) is 35.4. The molecule has 8 heteroatoms. The molecule has 29 heavy (non-hydrogen) atoms. The zero-order valence-corrected chi connectivity index (χ0v) is 17.5. The number of hydrogen-bond acceptors (Lipinski definition) is 5. The first-order chi connectivity index (χ1) is 13.5. The highest BCUT2D eigenvalue weighted by Gasteiger charge is 2.52. The van der Waals surface area contributed by atoms with Crippen molar-refractivity contribution in [1.29, 1.82) is 0 Å². The number of fused-ring (bicyclic) bond motifs is 3. The van der Waals surface area contributed by atoms with Gasteiger partial charge in [0, 0.05) is 16.9 Å². The van der Waals surface area contributed by atoms with Gasteiger partial charge in [0.2, 0.25) is 5.60 Å². The second-order valence-electron chi connectivity index (χ2n) is 8.47. The predicted molar refractivity (Wildman–Crippen MR) is 106 cm³/mol. The van der Waals surface area contributed by atoms with Crippen LogP contribution in [-0.4, -0.2) is 35.0 Å². The van der Waals surface area contributed by atoms with Crippen molar-refractivity contribution in [3.05, 3.63) is 33.3 Å². The molecule has 0 aromatic heterocycles. The van der Waals surface area contributed by atoms with Gasteiger partial charge in [-0.25, -0.2) is 9.59 Å². The van der Waals surface area contributed by atoms with Crippen LogP contribution >= 0.6 is 23.2 Å². The first kappa shape index (κ1) is 20.2. The number of carboxylic acids is 1. The Hall–Kier alpha value is -2.05. The Morgan fingerprint density at radius 1 is 1.31 bits per heavy atom. The minimum absolute atomic E-state index is 0.0725. The van der Waals surface area contributed by atoms with Gasteiger partial charge in [-0.2, -0.15) is 0 Å². The zero-order chi connectivity index (χ0) is 21.1. The number of allylic oxidation sites excluding steroid dienone is 2. The lowest BCUT2D eigenvalue weighted by Crippen LogP contribution is -2.38. The molecule has 1 aromatic carbocycles. The summed E-state index contributed by atoms with van der Waals surface area (Å²) in [6.45, 7) is 2.05. The molecule has 6 nitrogen and oxygen atoms in total. The first-order valence-electron chi connectivity index (χ1n) is 9.39. The molecule has 0 aliphatic heterocycles. The van der Waals surface area contributed by atoms with Crippen molar-refractivity contribution >= 4 is 46.5 Å². The molecule has 2 unspecified atom stereocenters. The highest BCUT2D eigenvalue weighted by molar-refractivity contribution is 6.44. The summed E-state index contributed by atoms with van der Waals surface area (Å²) in [7, 11) is 0. The first-order valence-corrected chi connectivity index (χ1v) is 10.1. The molecule has 2 atom stereocenters. The Labute approximate surface area is 177 Å². The van der Waals surface area contributed by atoms with E-state index in [4.69, 9.17) is 37.8 Å². The van der Waals surface area contributed by atoms with E-state index < -0.39 is 24.1 Å². The van der Waals surface area contributed by atoms with Crippen LogP contribution in [-0.2, 0) is 25.5 Å². The average molecular weight is 439 g/mol. The van der Waals surface area contributed by atoms with Gasteiger partial charge in [-0.1, -0.05) is 23.2 Å². The molecule has 4 rings (SSSR count). The Kier molecular flexibility index (Phi) is 4.70. The van der Waals surface area contributed by atoms with E-state index >= 15 is 0 Å². The molecular formula is C21H20Cl2O6. The van der Waals surface area contributed by atoms with Crippen molar-refractivity contribution < 1.29 is 29.0 Å². The van der Waals surface area contributed by atoms with Crippen LogP contribution in [0.2, 0.25) is 10.0 Å². The number of esters is 1. The fourth-order valence-electron chi connectivity index (χ4n) is 4.67. The highest BCUT2D eigenvalue weighted by atomic mass is 35.5. The number of benzene rings is 1. The van der Waals surface area contributed by atoms with Gasteiger partial charge in [-0.3, -0.25) is 4.79 Å². The number of aliphatic carboxylic acids is 1. The van der Waals surface area contributed by atoms with E-state index in [-0.39, 0.29) is 27.9 Å². The number of ketones is 1. The lowest BCUT2D eigenvalue weighted by atomic mass is 9.74. The number of rotatable bonds is 5. The van der Waals surface area contributed by atoms with E-state index in [0.29, 0.717) is 5.02 Å². The molecule has 1 aromatic rings. The average Bonchev–Trinajstić information content (AvgIpc) is 3.16. The fraction of sp³-hybridized carbons (Fsp3) is 0.476. The summed E-state index contributed by atoms with van der Waals surface area (Å²) in [5.74, 6) is -1.62. The minimum Gasteiger partial charge on any atom is -0.480 e. The molecule has 2 bridgehead atoms. The maximum absolute atomic E-state index is 12.3. The van der Waals surface area contributed by atoms with Gasteiger partial charge < -0.3 is 14.6 Å². The van der Waals surface area contributed by atoms with Crippen LogP contribution < -0.4 is 4.74 Å². The van der Waals surface area contributed by atoms with Crippen LogP contribution in [0.3, 0.4) is 0 Å². The van der Waals surface area contributed by atoms with Gasteiger partial charge in [0.1, 0.15) is 10.8 Å². The van der Waals surface area contributed by atoms with E-state index in [1.807, 2.05) is 0 Å². The number of halogens is 2. The Morgan fingerprint density at radius 2 is 2.03 bits per heavy atom. The van der Waals surface area contributed by atoms with E-state index in [2.05, 4.69) is 0 Å². The Balaban J connectivity index is 1.58. The SMILES string of the molecule is CC(C)(OC(=O)COc1cc2c(c(Cl)c1Cl)C1=CC(=O)C3CCC1(C2)C3)C(=O)O. The molecule has 1 fully saturated rings. The molecule has 3 aliphatic carbocycles. The van der Waals surface area contributed by atoms with Crippen LogP contribution in [0, 0.1) is 11.3 Å². The van der Waals surface area contributed by atoms with Gasteiger partial charge in [0.05, 0.1) is 5.02 Å². The minimum atomic E-state index is -1.66. The van der Waals surface area contributed by atoms with Crippen molar-refractivity contribution in [3.8, 4) is 5.75 Å². The van der Waals surface area contributed by atoms with E-state index in [1.54, 1.807) is 12.1 Å². The smallest absolute Gasteiger partial charge is 0.347 e. The third-order valence-corrected chi connectivity index (χ3v) is 7.00. The number of hydrogen-bond donors (Lipinski definition) is 1. The molecule has 1 saturated carbocycles. The second kappa shape index (κ2) is 6.74. The van der Waals surface area contributed by atoms with Crippen molar-refractivity contribution in [1.82, 2.24) is 0 Å². The van der Waals surface area contributed by atoms with Crippen LogP contribution in [0.15, 0.2) is 12.1 Å². The van der Waals surface area contributed by atoms with Crippen molar-refractivity contribution in [2.75, 3.05) is 6.61 Å². The third kappa shape index (κ3) is 3.22. The van der Waals surface area contributed by atoms with Gasteiger partial charge in [0.25, 0.3) is 0 Å². The molecule has 0 saturated heterocycles. The lowest BCUT2D eigenvalue weighted by molar-refractivity contribution is -0.175. The van der Waals surface area contributed by atoms with Crippen molar-refractivity contribution in [2.24, 2.45) is 11.3 Å². The number of carbonyl (C=O) groups excluding carboxylic acids is 2. The number of carboxylic acid groups (broad SMARTS) is 1. The van der Waals surface area contributed by atoms with E-state index in [9.17, 15) is 14.4 Å². The van der Waals surface area contributed by atoms with Gasteiger partial charge >= 0.3 is 11.9 Å². The molecule has 0 heterocycles. The van der Waals surface area contributed by atoms with Crippen LogP contribution in [0.25, 0.3) is 5.57 Å². The molecule has 0 radical (unpaired) electrons. The number of carbonyl (C=O) groups is 3. The lowest BCUT2D eigenvalue weighted by Gasteiger charge is -2.29. The summed E-state index contributed by atoms with van der Waals surface area (Å²) in [6, 6.07) is 1.75. The maximum atomic E-state index is 12.3. The largest absolute Gasteiger partial charge is 0.480 e. The Morgan fingerprint density at radius 3 is 2.72 bits per heavy atom. The molecule has 3 aliphatic rings. The highest BCUT2D eigenvalue weighted by Crippen LogP contribution is 2.62. The maximum Gasteiger partial charge on any atom is 0.347 e. The van der Waals surface area contributed by atoms with Gasteiger partial charge in [-0.05, 0) is 62.8 Å². The topological polar surface area (TPSA) is 89.9 Å². The zero-order valence-electron chi connectivity index (χ0n) is 16.0. The Bertz CT molecular complexity index is 980. The quantitative estimate of drug-likeness (QED) is 0.696. The van der Waals surface area contributed by atoms with Crippen LogP contribution in [0.1, 0.15) is 44.2 Å². The monoisotopic (exact) mass is 438 g/mol. The van der Waals surface area contributed by atoms with Crippen LogP contribution in [0.4, 0.5) is 0 Å². The normalized spacial score (nSPS) is 24.6. The van der Waals surface area contributed by atoms with Crippen molar-refractivity contribution in [2.45, 2.75) is 45.1 Å². The molecule has 154 valence electrons. The van der Waals surface area contributed by atoms with Crippen molar-refractivity contribution in [3.63, 3.8) is 0 Å². The molecule has 0 amide bonds. The summed E-state index contributed by atoms with van der Waals surface area (Å²) < 4.78 is 10.4. The second-order valence-corrected chi connectivity index (χ2v) is 9.23.